The highest BCUT2D eigenvalue weighted by Gasteiger charge is 2.19. The van der Waals surface area contributed by atoms with Crippen LogP contribution in [0.4, 0.5) is 0 Å². The van der Waals surface area contributed by atoms with Crippen LogP contribution in [-0.4, -0.2) is 6.54 Å². The van der Waals surface area contributed by atoms with Crippen LogP contribution in [0, 0.1) is 0 Å². The van der Waals surface area contributed by atoms with E-state index in [1.165, 1.54) is 4.88 Å². The maximum absolute atomic E-state index is 6.03. The molecule has 0 aliphatic rings. The standard InChI is InChI=1S/C15H13BrClNOS/c1-2-18-15(13-5-6-14(16)20-13)12-8-9-7-10(17)3-4-11(9)19-12/h3-8,15,18H,2H2,1H3. The largest absolute Gasteiger partial charge is 0.459 e. The minimum absolute atomic E-state index is 0.0717. The first-order chi connectivity index (χ1) is 9.67. The number of hydrogen-bond acceptors (Lipinski definition) is 3. The molecule has 1 aromatic carbocycles. The summed E-state index contributed by atoms with van der Waals surface area (Å²) in [5.41, 5.74) is 0.864. The third kappa shape index (κ3) is 2.79. The normalized spacial score (nSPS) is 12.9. The number of furan rings is 1. The van der Waals surface area contributed by atoms with Gasteiger partial charge in [-0.25, -0.2) is 0 Å². The predicted molar refractivity (Wildman–Crippen MR) is 88.8 cm³/mol. The van der Waals surface area contributed by atoms with E-state index in [9.17, 15) is 0 Å². The second-order valence-corrected chi connectivity index (χ2v) is 7.39. The Morgan fingerprint density at radius 1 is 1.30 bits per heavy atom. The summed E-state index contributed by atoms with van der Waals surface area (Å²) in [6, 6.07) is 12.0. The van der Waals surface area contributed by atoms with E-state index in [1.54, 1.807) is 11.3 Å². The molecule has 1 atom stereocenters. The molecule has 1 N–H and O–H groups in total. The van der Waals surface area contributed by atoms with Crippen molar-refractivity contribution in [3.8, 4) is 0 Å². The molecule has 0 amide bonds. The van der Waals surface area contributed by atoms with E-state index in [2.05, 4.69) is 46.4 Å². The molecule has 5 heteroatoms. The monoisotopic (exact) mass is 369 g/mol. The molecule has 20 heavy (non-hydrogen) atoms. The Kier molecular flexibility index (Phi) is 4.17. The zero-order valence-corrected chi connectivity index (χ0v) is 14.0. The van der Waals surface area contributed by atoms with Crippen LogP contribution in [0.1, 0.15) is 23.6 Å². The quantitative estimate of drug-likeness (QED) is 0.646. The molecule has 0 fully saturated rings. The number of nitrogens with one attached hydrogen (secondary N) is 1. The lowest BCUT2D eigenvalue weighted by Gasteiger charge is -2.13. The van der Waals surface area contributed by atoms with Gasteiger partial charge in [-0.2, -0.15) is 0 Å². The minimum atomic E-state index is 0.0717. The number of rotatable bonds is 4. The zero-order chi connectivity index (χ0) is 14.1. The van der Waals surface area contributed by atoms with Crippen LogP contribution in [0.25, 0.3) is 11.0 Å². The predicted octanol–water partition coefficient (Wildman–Crippen LogP) is 5.61. The fraction of sp³-hybridized carbons (Fsp3) is 0.200. The molecule has 3 aromatic rings. The van der Waals surface area contributed by atoms with Gasteiger partial charge in [0.15, 0.2) is 0 Å². The molecule has 0 spiro atoms. The van der Waals surface area contributed by atoms with Crippen molar-refractivity contribution in [2.24, 2.45) is 0 Å². The van der Waals surface area contributed by atoms with Crippen molar-refractivity contribution >= 4 is 49.8 Å². The maximum Gasteiger partial charge on any atom is 0.134 e. The molecule has 1 unspecified atom stereocenters. The van der Waals surface area contributed by atoms with Gasteiger partial charge in [0.05, 0.1) is 3.79 Å². The lowest BCUT2D eigenvalue weighted by Crippen LogP contribution is -2.20. The topological polar surface area (TPSA) is 25.2 Å². The van der Waals surface area contributed by atoms with Gasteiger partial charge in [-0.05, 0) is 58.9 Å². The Hall–Kier alpha value is -0.810. The first-order valence-electron chi connectivity index (χ1n) is 6.35. The van der Waals surface area contributed by atoms with Gasteiger partial charge in [-0.1, -0.05) is 18.5 Å². The van der Waals surface area contributed by atoms with Gasteiger partial charge in [0.2, 0.25) is 0 Å². The molecule has 2 nitrogen and oxygen atoms in total. The second kappa shape index (κ2) is 5.90. The van der Waals surface area contributed by atoms with E-state index in [0.29, 0.717) is 0 Å². The van der Waals surface area contributed by atoms with E-state index in [1.807, 2.05) is 18.2 Å². The van der Waals surface area contributed by atoms with Gasteiger partial charge in [-0.3, -0.25) is 0 Å². The molecule has 104 valence electrons. The number of hydrogen-bond donors (Lipinski definition) is 1. The molecular formula is C15H13BrClNOS. The van der Waals surface area contributed by atoms with E-state index in [-0.39, 0.29) is 6.04 Å². The van der Waals surface area contributed by atoms with Crippen molar-refractivity contribution in [3.05, 3.63) is 55.8 Å². The lowest BCUT2D eigenvalue weighted by atomic mass is 10.1. The summed E-state index contributed by atoms with van der Waals surface area (Å²) in [5.74, 6) is 0.915. The van der Waals surface area contributed by atoms with Gasteiger partial charge in [0.1, 0.15) is 17.4 Å². The molecule has 0 aliphatic carbocycles. The van der Waals surface area contributed by atoms with Gasteiger partial charge in [-0.15, -0.1) is 11.3 Å². The van der Waals surface area contributed by atoms with Crippen molar-refractivity contribution < 1.29 is 4.42 Å². The van der Waals surface area contributed by atoms with E-state index < -0.39 is 0 Å². The first kappa shape index (κ1) is 14.1. The van der Waals surface area contributed by atoms with Crippen LogP contribution < -0.4 is 5.32 Å². The third-order valence-corrected chi connectivity index (χ3v) is 4.99. The Balaban J connectivity index is 2.04. The SMILES string of the molecule is CCNC(c1cc2cc(Cl)ccc2o1)c1ccc(Br)s1. The molecule has 2 aromatic heterocycles. The fourth-order valence-corrected chi connectivity index (χ4v) is 3.89. The molecule has 2 heterocycles. The van der Waals surface area contributed by atoms with Crippen LogP contribution >= 0.6 is 38.9 Å². The summed E-state index contributed by atoms with van der Waals surface area (Å²) in [6.07, 6.45) is 0. The van der Waals surface area contributed by atoms with Crippen LogP contribution in [0.3, 0.4) is 0 Å². The Morgan fingerprint density at radius 3 is 2.85 bits per heavy atom. The summed E-state index contributed by atoms with van der Waals surface area (Å²) in [4.78, 5) is 1.23. The van der Waals surface area contributed by atoms with Crippen molar-refractivity contribution in [2.45, 2.75) is 13.0 Å². The van der Waals surface area contributed by atoms with Crippen molar-refractivity contribution in [2.75, 3.05) is 6.54 Å². The van der Waals surface area contributed by atoms with E-state index in [4.69, 9.17) is 16.0 Å². The average Bonchev–Trinajstić information content (AvgIpc) is 3.01. The molecule has 0 saturated heterocycles. The van der Waals surface area contributed by atoms with Crippen molar-refractivity contribution in [3.63, 3.8) is 0 Å². The third-order valence-electron chi connectivity index (χ3n) is 3.07. The second-order valence-electron chi connectivity index (χ2n) is 4.46. The Labute approximate surface area is 134 Å². The average molecular weight is 371 g/mol. The number of thiophene rings is 1. The van der Waals surface area contributed by atoms with Crippen molar-refractivity contribution in [1.82, 2.24) is 5.32 Å². The molecule has 0 saturated carbocycles. The van der Waals surface area contributed by atoms with Crippen LogP contribution in [-0.2, 0) is 0 Å². The first-order valence-corrected chi connectivity index (χ1v) is 8.33. The Bertz CT molecular complexity index is 736. The molecule has 0 aliphatic heterocycles. The molecule has 0 radical (unpaired) electrons. The minimum Gasteiger partial charge on any atom is -0.459 e. The van der Waals surface area contributed by atoms with Gasteiger partial charge in [0.25, 0.3) is 0 Å². The van der Waals surface area contributed by atoms with Gasteiger partial charge >= 0.3 is 0 Å². The number of fused-ring (bicyclic) bond motifs is 1. The zero-order valence-electron chi connectivity index (χ0n) is 10.8. The highest BCUT2D eigenvalue weighted by molar-refractivity contribution is 9.11. The van der Waals surface area contributed by atoms with Gasteiger partial charge in [0, 0.05) is 15.3 Å². The van der Waals surface area contributed by atoms with Crippen LogP contribution in [0.2, 0.25) is 5.02 Å². The summed E-state index contributed by atoms with van der Waals surface area (Å²) in [7, 11) is 0. The number of halogens is 2. The Morgan fingerprint density at radius 2 is 2.15 bits per heavy atom. The summed E-state index contributed by atoms with van der Waals surface area (Å²) >= 11 is 11.3. The molecule has 0 bridgehead atoms. The summed E-state index contributed by atoms with van der Waals surface area (Å²) in [6.45, 7) is 2.97. The van der Waals surface area contributed by atoms with E-state index in [0.717, 1.165) is 32.1 Å². The molecule has 3 rings (SSSR count). The summed E-state index contributed by atoms with van der Waals surface area (Å²) < 4.78 is 7.09. The highest BCUT2D eigenvalue weighted by Crippen LogP contribution is 2.34. The van der Waals surface area contributed by atoms with Crippen molar-refractivity contribution in [1.29, 1.82) is 0 Å². The van der Waals surface area contributed by atoms with Gasteiger partial charge < -0.3 is 9.73 Å². The number of benzene rings is 1. The smallest absolute Gasteiger partial charge is 0.134 e. The highest BCUT2D eigenvalue weighted by atomic mass is 79.9. The summed E-state index contributed by atoms with van der Waals surface area (Å²) in [5, 5.41) is 5.23. The van der Waals surface area contributed by atoms with Crippen LogP contribution in [0.5, 0.6) is 0 Å². The van der Waals surface area contributed by atoms with E-state index >= 15 is 0 Å². The fourth-order valence-electron chi connectivity index (χ4n) is 2.21. The maximum atomic E-state index is 6.03. The lowest BCUT2D eigenvalue weighted by molar-refractivity contribution is 0.481. The molecular weight excluding hydrogens is 358 g/mol. The van der Waals surface area contributed by atoms with Crippen LogP contribution in [0.15, 0.2) is 44.6 Å².